The van der Waals surface area contributed by atoms with E-state index in [4.69, 9.17) is 5.73 Å². The second kappa shape index (κ2) is 7.66. The van der Waals surface area contributed by atoms with Crippen molar-refractivity contribution in [1.82, 2.24) is 4.72 Å². The molecule has 0 bridgehead atoms. The Hall–Kier alpha value is -0.620. The van der Waals surface area contributed by atoms with Crippen LogP contribution in [0.1, 0.15) is 40.0 Å². The fraction of sp³-hybridized carbons (Fsp3) is 0.909. The fourth-order valence-corrected chi connectivity index (χ4v) is 2.23. The molecule has 6 heteroatoms. The van der Waals surface area contributed by atoms with E-state index in [9.17, 15) is 13.2 Å². The third-order valence-corrected chi connectivity index (χ3v) is 4.17. The molecule has 0 rings (SSSR count). The summed E-state index contributed by atoms with van der Waals surface area (Å²) in [6, 6.07) is 0. The molecule has 0 fully saturated rings. The molecule has 0 saturated carbocycles. The predicted octanol–water partition coefficient (Wildman–Crippen LogP) is 0.854. The number of nitrogens with two attached hydrogens (primary N) is 1. The summed E-state index contributed by atoms with van der Waals surface area (Å²) in [7, 11) is -3.42. The van der Waals surface area contributed by atoms with Gasteiger partial charge in [-0.3, -0.25) is 9.52 Å². The second-order valence-electron chi connectivity index (χ2n) is 4.55. The van der Waals surface area contributed by atoms with Crippen molar-refractivity contribution in [2.75, 3.05) is 12.3 Å². The maximum Gasteiger partial charge on any atom is 0.234 e. The standard InChI is InChI=1S/C11H24N2O3S/c1-4-17(15,16)13-11(14)6-5-10(7-8-12)9(2)3/h9-10H,4-8,12H2,1-3H3,(H,13,14). The molecule has 0 aliphatic rings. The molecule has 3 N–H and O–H groups in total. The second-order valence-corrected chi connectivity index (χ2v) is 6.56. The smallest absolute Gasteiger partial charge is 0.234 e. The number of amides is 1. The minimum Gasteiger partial charge on any atom is -0.330 e. The van der Waals surface area contributed by atoms with E-state index >= 15 is 0 Å². The number of carbonyl (C=O) groups excluding carboxylic acids is 1. The van der Waals surface area contributed by atoms with Crippen molar-refractivity contribution < 1.29 is 13.2 Å². The molecule has 0 spiro atoms. The topological polar surface area (TPSA) is 89.3 Å². The third kappa shape index (κ3) is 7.33. The first-order valence-electron chi connectivity index (χ1n) is 6.05. The Bertz CT molecular complexity index is 326. The largest absolute Gasteiger partial charge is 0.330 e. The Labute approximate surface area is 104 Å². The number of sulfonamides is 1. The lowest BCUT2D eigenvalue weighted by Crippen LogP contribution is -2.32. The molecular formula is C11H24N2O3S. The zero-order valence-corrected chi connectivity index (χ0v) is 11.7. The van der Waals surface area contributed by atoms with Crippen molar-refractivity contribution in [3.63, 3.8) is 0 Å². The van der Waals surface area contributed by atoms with Crippen LogP contribution >= 0.6 is 0 Å². The van der Waals surface area contributed by atoms with Gasteiger partial charge in [-0.05, 0) is 38.1 Å². The zero-order chi connectivity index (χ0) is 13.5. The van der Waals surface area contributed by atoms with Crippen LogP contribution in [-0.2, 0) is 14.8 Å². The highest BCUT2D eigenvalue weighted by Crippen LogP contribution is 2.20. The molecule has 0 radical (unpaired) electrons. The first-order valence-corrected chi connectivity index (χ1v) is 7.71. The van der Waals surface area contributed by atoms with Crippen LogP contribution in [0.15, 0.2) is 0 Å². The van der Waals surface area contributed by atoms with E-state index in [1.807, 2.05) is 4.72 Å². The maximum atomic E-state index is 11.4. The van der Waals surface area contributed by atoms with Gasteiger partial charge in [-0.2, -0.15) is 0 Å². The Morgan fingerprint density at radius 2 is 1.88 bits per heavy atom. The quantitative estimate of drug-likeness (QED) is 0.680. The summed E-state index contributed by atoms with van der Waals surface area (Å²) in [6.45, 7) is 6.26. The van der Waals surface area contributed by atoms with Gasteiger partial charge in [0.1, 0.15) is 0 Å². The number of hydrogen-bond donors (Lipinski definition) is 2. The van der Waals surface area contributed by atoms with Gasteiger partial charge in [0.15, 0.2) is 0 Å². The van der Waals surface area contributed by atoms with Gasteiger partial charge in [-0.1, -0.05) is 13.8 Å². The first kappa shape index (κ1) is 16.4. The lowest BCUT2D eigenvalue weighted by atomic mass is 9.88. The van der Waals surface area contributed by atoms with Crippen LogP contribution in [0.4, 0.5) is 0 Å². The molecule has 0 aromatic rings. The highest BCUT2D eigenvalue weighted by Gasteiger charge is 2.16. The molecule has 5 nitrogen and oxygen atoms in total. The Balaban J connectivity index is 4.13. The van der Waals surface area contributed by atoms with Gasteiger partial charge in [0.25, 0.3) is 0 Å². The van der Waals surface area contributed by atoms with Gasteiger partial charge in [-0.25, -0.2) is 8.42 Å². The Morgan fingerprint density at radius 3 is 2.29 bits per heavy atom. The molecule has 0 aliphatic heterocycles. The number of carbonyl (C=O) groups is 1. The molecule has 1 amide bonds. The molecule has 17 heavy (non-hydrogen) atoms. The molecule has 1 unspecified atom stereocenters. The van der Waals surface area contributed by atoms with Crippen LogP contribution in [0, 0.1) is 11.8 Å². The van der Waals surface area contributed by atoms with E-state index in [1.54, 1.807) is 0 Å². The van der Waals surface area contributed by atoms with Crippen LogP contribution in [0.5, 0.6) is 0 Å². The van der Waals surface area contributed by atoms with E-state index < -0.39 is 15.9 Å². The summed E-state index contributed by atoms with van der Waals surface area (Å²) in [5.41, 5.74) is 5.50. The molecule has 0 aromatic carbocycles. The SMILES string of the molecule is CCS(=O)(=O)NC(=O)CCC(CCN)C(C)C. The number of hydrogen-bond acceptors (Lipinski definition) is 4. The highest BCUT2D eigenvalue weighted by molar-refractivity contribution is 7.90. The van der Waals surface area contributed by atoms with E-state index in [0.717, 1.165) is 6.42 Å². The van der Waals surface area contributed by atoms with Gasteiger partial charge in [0.05, 0.1) is 5.75 Å². The van der Waals surface area contributed by atoms with E-state index in [0.29, 0.717) is 24.8 Å². The number of rotatable bonds is 8. The van der Waals surface area contributed by atoms with Crippen molar-refractivity contribution >= 4 is 15.9 Å². The average Bonchev–Trinajstić information content (AvgIpc) is 2.23. The molecular weight excluding hydrogens is 240 g/mol. The van der Waals surface area contributed by atoms with Gasteiger partial charge in [-0.15, -0.1) is 0 Å². The molecule has 102 valence electrons. The summed E-state index contributed by atoms with van der Waals surface area (Å²) in [5, 5.41) is 0. The van der Waals surface area contributed by atoms with Crippen molar-refractivity contribution in [2.24, 2.45) is 17.6 Å². The van der Waals surface area contributed by atoms with Crippen molar-refractivity contribution in [2.45, 2.75) is 40.0 Å². The van der Waals surface area contributed by atoms with Gasteiger partial charge in [0, 0.05) is 6.42 Å². The summed E-state index contributed by atoms with van der Waals surface area (Å²) in [4.78, 5) is 11.4. The molecule has 0 heterocycles. The van der Waals surface area contributed by atoms with Crippen molar-refractivity contribution in [3.8, 4) is 0 Å². The first-order chi connectivity index (χ1) is 7.82. The monoisotopic (exact) mass is 264 g/mol. The van der Waals surface area contributed by atoms with Crippen molar-refractivity contribution in [3.05, 3.63) is 0 Å². The lowest BCUT2D eigenvalue weighted by molar-refractivity contribution is -0.119. The van der Waals surface area contributed by atoms with Crippen molar-refractivity contribution in [1.29, 1.82) is 0 Å². The third-order valence-electron chi connectivity index (χ3n) is 2.87. The van der Waals surface area contributed by atoms with Crippen LogP contribution in [-0.4, -0.2) is 26.6 Å². The maximum absolute atomic E-state index is 11.4. The van der Waals surface area contributed by atoms with E-state index in [2.05, 4.69) is 13.8 Å². The molecule has 0 aromatic heterocycles. The highest BCUT2D eigenvalue weighted by atomic mass is 32.2. The molecule has 1 atom stereocenters. The van der Waals surface area contributed by atoms with Crippen LogP contribution < -0.4 is 10.5 Å². The van der Waals surface area contributed by atoms with Crippen LogP contribution in [0.25, 0.3) is 0 Å². The van der Waals surface area contributed by atoms with Gasteiger partial charge >= 0.3 is 0 Å². The number of nitrogens with one attached hydrogen (secondary N) is 1. The summed E-state index contributed by atoms with van der Waals surface area (Å²) < 4.78 is 24.4. The summed E-state index contributed by atoms with van der Waals surface area (Å²) in [5.74, 6) is 0.327. The average molecular weight is 264 g/mol. The van der Waals surface area contributed by atoms with Crippen LogP contribution in [0.2, 0.25) is 0 Å². The van der Waals surface area contributed by atoms with Crippen LogP contribution in [0.3, 0.4) is 0 Å². The normalized spacial score (nSPS) is 13.7. The Kier molecular flexibility index (Phi) is 7.38. The van der Waals surface area contributed by atoms with Gasteiger partial charge < -0.3 is 5.73 Å². The summed E-state index contributed by atoms with van der Waals surface area (Å²) in [6.07, 6.45) is 1.79. The molecule has 0 saturated heterocycles. The zero-order valence-electron chi connectivity index (χ0n) is 10.9. The Morgan fingerprint density at radius 1 is 1.29 bits per heavy atom. The van der Waals surface area contributed by atoms with Gasteiger partial charge in [0.2, 0.25) is 15.9 Å². The summed E-state index contributed by atoms with van der Waals surface area (Å²) >= 11 is 0. The fourth-order valence-electron chi connectivity index (χ4n) is 1.64. The van der Waals surface area contributed by atoms with E-state index in [-0.39, 0.29) is 12.2 Å². The van der Waals surface area contributed by atoms with E-state index in [1.165, 1.54) is 6.92 Å². The minimum absolute atomic E-state index is 0.0743. The molecule has 0 aliphatic carbocycles. The lowest BCUT2D eigenvalue weighted by Gasteiger charge is -2.19. The predicted molar refractivity (Wildman–Crippen MR) is 68.8 cm³/mol. The minimum atomic E-state index is -3.42.